The summed E-state index contributed by atoms with van der Waals surface area (Å²) in [5.74, 6) is 0.586. The predicted octanol–water partition coefficient (Wildman–Crippen LogP) is 0.123. The normalized spacial score (nSPS) is 9.64. The van der Waals surface area contributed by atoms with Gasteiger partial charge in [0, 0.05) is 18.3 Å². The second-order valence-electron chi connectivity index (χ2n) is 2.13. The van der Waals surface area contributed by atoms with Gasteiger partial charge < -0.3 is 10.5 Å². The quantitative estimate of drug-likeness (QED) is 0.670. The molecule has 0 fully saturated rings. The van der Waals surface area contributed by atoms with E-state index < -0.39 is 0 Å². The summed E-state index contributed by atoms with van der Waals surface area (Å²) < 4.78 is 5.16. The summed E-state index contributed by atoms with van der Waals surface area (Å²) in [6.45, 7) is 2.89. The molecule has 0 amide bonds. The molecule has 0 saturated carbocycles. The Hall–Kier alpha value is -1.16. The molecule has 0 spiro atoms. The molecular formula is C7H11N3O. The first-order chi connectivity index (χ1) is 5.33. The number of hydrogen-bond acceptors (Lipinski definition) is 4. The molecule has 0 aliphatic heterocycles. The van der Waals surface area contributed by atoms with Crippen LogP contribution < -0.4 is 10.5 Å². The Morgan fingerprint density at radius 2 is 2.36 bits per heavy atom. The van der Waals surface area contributed by atoms with E-state index in [1.54, 1.807) is 6.07 Å². The van der Waals surface area contributed by atoms with E-state index in [4.69, 9.17) is 10.5 Å². The highest BCUT2D eigenvalue weighted by Gasteiger charge is 1.93. The minimum Gasteiger partial charge on any atom is -0.476 e. The summed E-state index contributed by atoms with van der Waals surface area (Å²) in [5, 5.41) is 0. The molecule has 1 aromatic heterocycles. The van der Waals surface area contributed by atoms with Crippen molar-refractivity contribution < 1.29 is 4.74 Å². The number of aryl methyl sites for hydroxylation is 1. The van der Waals surface area contributed by atoms with Crippen LogP contribution in [-0.4, -0.2) is 23.1 Å². The zero-order valence-corrected chi connectivity index (χ0v) is 6.45. The highest BCUT2D eigenvalue weighted by molar-refractivity contribution is 5.11. The van der Waals surface area contributed by atoms with Gasteiger partial charge in [0.1, 0.15) is 12.9 Å². The van der Waals surface area contributed by atoms with E-state index in [0.717, 1.165) is 5.69 Å². The molecule has 0 aliphatic rings. The molecule has 0 aliphatic carbocycles. The fourth-order valence-corrected chi connectivity index (χ4v) is 0.672. The van der Waals surface area contributed by atoms with Crippen LogP contribution in [0.5, 0.6) is 5.88 Å². The Balaban J connectivity index is 2.56. The van der Waals surface area contributed by atoms with Gasteiger partial charge in [-0.2, -0.15) is 0 Å². The Bertz CT molecular complexity index is 227. The smallest absolute Gasteiger partial charge is 0.216 e. The third-order valence-electron chi connectivity index (χ3n) is 1.15. The first-order valence-electron chi connectivity index (χ1n) is 3.44. The van der Waals surface area contributed by atoms with Crippen molar-refractivity contribution in [1.29, 1.82) is 0 Å². The SMILES string of the molecule is Cc1cc(OCCN)ncn1. The van der Waals surface area contributed by atoms with E-state index in [1.807, 2.05) is 6.92 Å². The van der Waals surface area contributed by atoms with Crippen molar-refractivity contribution >= 4 is 0 Å². The molecule has 4 nitrogen and oxygen atoms in total. The van der Waals surface area contributed by atoms with Gasteiger partial charge in [-0.25, -0.2) is 9.97 Å². The molecular weight excluding hydrogens is 142 g/mol. The van der Waals surface area contributed by atoms with E-state index in [2.05, 4.69) is 9.97 Å². The number of aromatic nitrogens is 2. The molecule has 1 aromatic rings. The molecule has 0 atom stereocenters. The summed E-state index contributed by atoms with van der Waals surface area (Å²) in [5.41, 5.74) is 6.14. The second kappa shape index (κ2) is 3.88. The molecule has 0 bridgehead atoms. The minimum absolute atomic E-state index is 0.496. The standard InChI is InChI=1S/C7H11N3O/c1-6-4-7(10-5-9-6)11-3-2-8/h4-5H,2-3,8H2,1H3. The number of hydrogen-bond donors (Lipinski definition) is 1. The van der Waals surface area contributed by atoms with Crippen molar-refractivity contribution in [3.05, 3.63) is 18.1 Å². The molecule has 4 heteroatoms. The molecule has 0 aromatic carbocycles. The van der Waals surface area contributed by atoms with Gasteiger partial charge in [-0.15, -0.1) is 0 Å². The maximum absolute atomic E-state index is 5.25. The largest absolute Gasteiger partial charge is 0.476 e. The van der Waals surface area contributed by atoms with Gasteiger partial charge in [0.25, 0.3) is 0 Å². The Morgan fingerprint density at radius 3 is 3.00 bits per heavy atom. The maximum Gasteiger partial charge on any atom is 0.216 e. The van der Waals surface area contributed by atoms with Crippen LogP contribution in [0.3, 0.4) is 0 Å². The fourth-order valence-electron chi connectivity index (χ4n) is 0.672. The van der Waals surface area contributed by atoms with Crippen LogP contribution in [-0.2, 0) is 0 Å². The van der Waals surface area contributed by atoms with Crippen molar-refractivity contribution in [1.82, 2.24) is 9.97 Å². The van der Waals surface area contributed by atoms with E-state index >= 15 is 0 Å². The molecule has 11 heavy (non-hydrogen) atoms. The molecule has 60 valence electrons. The number of ether oxygens (including phenoxy) is 1. The van der Waals surface area contributed by atoms with Gasteiger partial charge in [0.2, 0.25) is 5.88 Å². The number of rotatable bonds is 3. The molecule has 0 saturated heterocycles. The van der Waals surface area contributed by atoms with Crippen molar-refractivity contribution in [2.75, 3.05) is 13.2 Å². The Kier molecular flexibility index (Phi) is 2.80. The van der Waals surface area contributed by atoms with Gasteiger partial charge in [-0.1, -0.05) is 0 Å². The summed E-state index contributed by atoms with van der Waals surface area (Å²) in [6, 6.07) is 1.77. The maximum atomic E-state index is 5.25. The highest BCUT2D eigenvalue weighted by atomic mass is 16.5. The van der Waals surface area contributed by atoms with Crippen molar-refractivity contribution in [2.24, 2.45) is 5.73 Å². The van der Waals surface area contributed by atoms with Gasteiger partial charge in [0.05, 0.1) is 0 Å². The van der Waals surface area contributed by atoms with E-state index in [0.29, 0.717) is 19.0 Å². The lowest BCUT2D eigenvalue weighted by Crippen LogP contribution is -2.11. The lowest BCUT2D eigenvalue weighted by molar-refractivity contribution is 0.314. The second-order valence-corrected chi connectivity index (χ2v) is 2.13. The van der Waals surface area contributed by atoms with E-state index in [9.17, 15) is 0 Å². The van der Waals surface area contributed by atoms with Crippen LogP contribution in [0.4, 0.5) is 0 Å². The number of nitrogens with two attached hydrogens (primary N) is 1. The summed E-state index contributed by atoms with van der Waals surface area (Å²) >= 11 is 0. The van der Waals surface area contributed by atoms with Gasteiger partial charge in [-0.3, -0.25) is 0 Å². The molecule has 1 heterocycles. The average Bonchev–Trinajstić information content (AvgIpc) is 2.01. The summed E-state index contributed by atoms with van der Waals surface area (Å²) in [4.78, 5) is 7.81. The van der Waals surface area contributed by atoms with Gasteiger partial charge in [-0.05, 0) is 6.92 Å². The lowest BCUT2D eigenvalue weighted by atomic mass is 10.4. The minimum atomic E-state index is 0.496. The Labute approximate surface area is 65.4 Å². The van der Waals surface area contributed by atoms with Crippen LogP contribution in [0.15, 0.2) is 12.4 Å². The van der Waals surface area contributed by atoms with Gasteiger partial charge >= 0.3 is 0 Å². The van der Waals surface area contributed by atoms with Gasteiger partial charge in [0.15, 0.2) is 0 Å². The molecule has 1 rings (SSSR count). The zero-order chi connectivity index (χ0) is 8.10. The van der Waals surface area contributed by atoms with Crippen molar-refractivity contribution in [2.45, 2.75) is 6.92 Å². The molecule has 0 unspecified atom stereocenters. The number of nitrogens with zero attached hydrogens (tertiary/aromatic N) is 2. The first-order valence-corrected chi connectivity index (χ1v) is 3.44. The Morgan fingerprint density at radius 1 is 1.55 bits per heavy atom. The summed E-state index contributed by atoms with van der Waals surface area (Å²) in [7, 11) is 0. The zero-order valence-electron chi connectivity index (χ0n) is 6.45. The van der Waals surface area contributed by atoms with Crippen molar-refractivity contribution in [3.8, 4) is 5.88 Å². The fraction of sp³-hybridized carbons (Fsp3) is 0.429. The van der Waals surface area contributed by atoms with Crippen LogP contribution in [0.1, 0.15) is 5.69 Å². The third-order valence-corrected chi connectivity index (χ3v) is 1.15. The molecule has 2 N–H and O–H groups in total. The average molecular weight is 153 g/mol. The third kappa shape index (κ3) is 2.51. The van der Waals surface area contributed by atoms with E-state index in [-0.39, 0.29) is 0 Å². The highest BCUT2D eigenvalue weighted by Crippen LogP contribution is 2.04. The van der Waals surface area contributed by atoms with Crippen LogP contribution in [0.2, 0.25) is 0 Å². The molecule has 0 radical (unpaired) electrons. The monoisotopic (exact) mass is 153 g/mol. The first kappa shape index (κ1) is 7.94. The van der Waals surface area contributed by atoms with Crippen molar-refractivity contribution in [3.63, 3.8) is 0 Å². The predicted molar refractivity (Wildman–Crippen MR) is 41.3 cm³/mol. The van der Waals surface area contributed by atoms with Crippen LogP contribution in [0, 0.1) is 6.92 Å². The van der Waals surface area contributed by atoms with Crippen LogP contribution in [0.25, 0.3) is 0 Å². The summed E-state index contributed by atoms with van der Waals surface area (Å²) in [6.07, 6.45) is 1.47. The van der Waals surface area contributed by atoms with Crippen LogP contribution >= 0.6 is 0 Å². The lowest BCUT2D eigenvalue weighted by Gasteiger charge is -2.01. The topological polar surface area (TPSA) is 61.0 Å². The van der Waals surface area contributed by atoms with E-state index in [1.165, 1.54) is 6.33 Å².